The minimum Gasteiger partial charge on any atom is -0.356 e. The zero-order valence-electron chi connectivity index (χ0n) is 10.4. The third kappa shape index (κ3) is 2.09. The zero-order chi connectivity index (χ0) is 12.5. The molecule has 1 fully saturated rings. The fourth-order valence-electron chi connectivity index (χ4n) is 2.57. The summed E-state index contributed by atoms with van der Waals surface area (Å²) in [6.07, 6.45) is 4.06. The fourth-order valence-corrected chi connectivity index (χ4v) is 3.21. The second-order valence-electron chi connectivity index (χ2n) is 4.81. The van der Waals surface area contributed by atoms with Crippen molar-refractivity contribution in [1.29, 1.82) is 0 Å². The van der Waals surface area contributed by atoms with Gasteiger partial charge < -0.3 is 4.90 Å². The van der Waals surface area contributed by atoms with Gasteiger partial charge in [-0.25, -0.2) is 4.98 Å². The number of hydrogen-bond acceptors (Lipinski definition) is 4. The zero-order valence-corrected chi connectivity index (χ0v) is 12.0. The first kappa shape index (κ1) is 11.9. The Bertz CT molecular complexity index is 552. The van der Waals surface area contributed by atoms with Crippen molar-refractivity contribution in [3.05, 3.63) is 18.1 Å². The van der Waals surface area contributed by atoms with E-state index in [0.717, 1.165) is 35.8 Å². The molecule has 1 aliphatic heterocycles. The first-order valence-corrected chi connectivity index (χ1v) is 7.38. The van der Waals surface area contributed by atoms with Crippen LogP contribution in [0.25, 0.3) is 5.78 Å². The van der Waals surface area contributed by atoms with Crippen molar-refractivity contribution in [2.24, 2.45) is 5.92 Å². The van der Waals surface area contributed by atoms with E-state index in [9.17, 15) is 0 Å². The number of aromatic nitrogens is 4. The Kier molecular flexibility index (Phi) is 3.20. The lowest BCUT2D eigenvalue weighted by molar-refractivity contribution is 0.575. The van der Waals surface area contributed by atoms with Gasteiger partial charge in [-0.2, -0.15) is 14.6 Å². The van der Waals surface area contributed by atoms with E-state index >= 15 is 0 Å². The molecule has 0 aliphatic carbocycles. The van der Waals surface area contributed by atoms with Crippen LogP contribution in [0, 0.1) is 12.8 Å². The number of alkyl halides is 1. The van der Waals surface area contributed by atoms with Crippen LogP contribution in [-0.4, -0.2) is 38.0 Å². The molecule has 5 nitrogen and oxygen atoms in total. The van der Waals surface area contributed by atoms with Crippen LogP contribution in [0.5, 0.6) is 0 Å². The third-order valence-electron chi connectivity index (χ3n) is 3.49. The largest absolute Gasteiger partial charge is 0.356 e. The SMILES string of the molecule is Cc1cc(N2CCC(CCBr)C2)n2ncnc2n1. The van der Waals surface area contributed by atoms with Gasteiger partial charge in [0.1, 0.15) is 12.1 Å². The molecule has 18 heavy (non-hydrogen) atoms. The number of fused-ring (bicyclic) bond motifs is 1. The number of hydrogen-bond donors (Lipinski definition) is 0. The van der Waals surface area contributed by atoms with E-state index in [1.54, 1.807) is 6.33 Å². The monoisotopic (exact) mass is 309 g/mol. The van der Waals surface area contributed by atoms with Gasteiger partial charge in [0.25, 0.3) is 5.78 Å². The van der Waals surface area contributed by atoms with Crippen LogP contribution in [-0.2, 0) is 0 Å². The topological polar surface area (TPSA) is 46.3 Å². The number of aryl methyl sites for hydroxylation is 1. The molecule has 0 N–H and O–H groups in total. The van der Waals surface area contributed by atoms with Gasteiger partial charge in [0, 0.05) is 30.2 Å². The highest BCUT2D eigenvalue weighted by Crippen LogP contribution is 2.26. The average Bonchev–Trinajstić information content (AvgIpc) is 2.96. The Morgan fingerprint density at radius 3 is 3.22 bits per heavy atom. The lowest BCUT2D eigenvalue weighted by Crippen LogP contribution is -2.23. The second-order valence-corrected chi connectivity index (χ2v) is 5.60. The molecule has 1 aliphatic rings. The van der Waals surface area contributed by atoms with Crippen molar-refractivity contribution >= 4 is 27.5 Å². The van der Waals surface area contributed by atoms with Crippen molar-refractivity contribution in [2.75, 3.05) is 23.3 Å². The van der Waals surface area contributed by atoms with Gasteiger partial charge in [0.2, 0.25) is 0 Å². The summed E-state index contributed by atoms with van der Waals surface area (Å²) in [5.74, 6) is 2.58. The summed E-state index contributed by atoms with van der Waals surface area (Å²) in [6, 6.07) is 2.10. The Morgan fingerprint density at radius 1 is 1.50 bits per heavy atom. The van der Waals surface area contributed by atoms with E-state index in [-0.39, 0.29) is 0 Å². The molecule has 3 heterocycles. The van der Waals surface area contributed by atoms with Crippen LogP contribution in [0.2, 0.25) is 0 Å². The molecule has 96 valence electrons. The number of nitrogens with zero attached hydrogens (tertiary/aromatic N) is 5. The Labute approximate surface area is 114 Å². The lowest BCUT2D eigenvalue weighted by Gasteiger charge is -2.19. The molecule has 0 saturated carbocycles. The van der Waals surface area contributed by atoms with Crippen LogP contribution < -0.4 is 4.90 Å². The third-order valence-corrected chi connectivity index (χ3v) is 3.95. The van der Waals surface area contributed by atoms with E-state index in [0.29, 0.717) is 5.78 Å². The van der Waals surface area contributed by atoms with Crippen molar-refractivity contribution in [3.8, 4) is 0 Å². The summed E-state index contributed by atoms with van der Waals surface area (Å²) in [6.45, 7) is 4.20. The molecular formula is C12H16BrN5. The lowest BCUT2D eigenvalue weighted by atomic mass is 10.1. The smallest absolute Gasteiger partial charge is 0.254 e. The van der Waals surface area contributed by atoms with Crippen LogP contribution in [0.4, 0.5) is 5.82 Å². The van der Waals surface area contributed by atoms with Crippen molar-refractivity contribution in [1.82, 2.24) is 19.6 Å². The molecule has 1 atom stereocenters. The standard InChI is InChI=1S/C12H16BrN5/c1-9-6-11(18-12(16-9)14-8-15-18)17-5-3-10(7-17)2-4-13/h6,8,10H,2-5,7H2,1H3. The minimum absolute atomic E-state index is 0.689. The summed E-state index contributed by atoms with van der Waals surface area (Å²) < 4.78 is 1.84. The first-order chi connectivity index (χ1) is 8.78. The molecule has 0 radical (unpaired) electrons. The predicted octanol–water partition coefficient (Wildman–Crippen LogP) is 2.04. The number of rotatable bonds is 3. The molecule has 0 spiro atoms. The van der Waals surface area contributed by atoms with Gasteiger partial charge in [-0.1, -0.05) is 15.9 Å². The normalized spacial score (nSPS) is 19.9. The van der Waals surface area contributed by atoms with Gasteiger partial charge in [0.05, 0.1) is 0 Å². The Balaban J connectivity index is 1.92. The fraction of sp³-hybridized carbons (Fsp3) is 0.583. The molecule has 2 aromatic heterocycles. The quantitative estimate of drug-likeness (QED) is 0.814. The Morgan fingerprint density at radius 2 is 2.39 bits per heavy atom. The van der Waals surface area contributed by atoms with Gasteiger partial charge in [-0.05, 0) is 25.7 Å². The molecule has 3 rings (SSSR count). The highest BCUT2D eigenvalue weighted by atomic mass is 79.9. The average molecular weight is 310 g/mol. The molecule has 0 bridgehead atoms. The van der Waals surface area contributed by atoms with E-state index in [2.05, 4.69) is 42.0 Å². The van der Waals surface area contributed by atoms with Crippen molar-refractivity contribution < 1.29 is 0 Å². The maximum Gasteiger partial charge on any atom is 0.254 e. The molecule has 2 aromatic rings. The molecule has 0 amide bonds. The number of anilines is 1. The predicted molar refractivity (Wildman–Crippen MR) is 74.3 cm³/mol. The van der Waals surface area contributed by atoms with Gasteiger partial charge in [-0.3, -0.25) is 0 Å². The van der Waals surface area contributed by atoms with Gasteiger partial charge in [0.15, 0.2) is 0 Å². The van der Waals surface area contributed by atoms with Crippen LogP contribution in [0.1, 0.15) is 18.5 Å². The van der Waals surface area contributed by atoms with E-state index in [4.69, 9.17) is 0 Å². The van der Waals surface area contributed by atoms with Crippen LogP contribution >= 0.6 is 15.9 Å². The molecular weight excluding hydrogens is 294 g/mol. The molecule has 6 heteroatoms. The maximum absolute atomic E-state index is 4.38. The van der Waals surface area contributed by atoms with E-state index in [1.807, 2.05) is 11.4 Å². The molecule has 1 unspecified atom stereocenters. The van der Waals surface area contributed by atoms with E-state index < -0.39 is 0 Å². The summed E-state index contributed by atoms with van der Waals surface area (Å²) in [7, 11) is 0. The number of halogens is 1. The summed E-state index contributed by atoms with van der Waals surface area (Å²) in [4.78, 5) is 10.9. The highest BCUT2D eigenvalue weighted by Gasteiger charge is 2.24. The molecule has 0 aromatic carbocycles. The second kappa shape index (κ2) is 4.84. The molecule has 1 saturated heterocycles. The van der Waals surface area contributed by atoms with Crippen molar-refractivity contribution in [2.45, 2.75) is 19.8 Å². The summed E-state index contributed by atoms with van der Waals surface area (Å²) in [5.41, 5.74) is 0.995. The summed E-state index contributed by atoms with van der Waals surface area (Å²) in [5, 5.41) is 5.35. The van der Waals surface area contributed by atoms with E-state index in [1.165, 1.54) is 12.8 Å². The highest BCUT2D eigenvalue weighted by molar-refractivity contribution is 9.09. The summed E-state index contributed by atoms with van der Waals surface area (Å²) >= 11 is 3.52. The van der Waals surface area contributed by atoms with Crippen LogP contribution in [0.15, 0.2) is 12.4 Å². The van der Waals surface area contributed by atoms with Gasteiger partial charge in [-0.15, -0.1) is 0 Å². The van der Waals surface area contributed by atoms with Gasteiger partial charge >= 0.3 is 0 Å². The maximum atomic E-state index is 4.38. The van der Waals surface area contributed by atoms with Crippen LogP contribution in [0.3, 0.4) is 0 Å². The first-order valence-electron chi connectivity index (χ1n) is 6.26. The minimum atomic E-state index is 0.689. The van der Waals surface area contributed by atoms with Crippen molar-refractivity contribution in [3.63, 3.8) is 0 Å². The Hall–Kier alpha value is -1.17.